The topological polar surface area (TPSA) is 83.0 Å². The quantitative estimate of drug-likeness (QED) is 0.270. The van der Waals surface area contributed by atoms with Crippen LogP contribution >= 0.6 is 24.0 Å². The zero-order valence-corrected chi connectivity index (χ0v) is 22.0. The van der Waals surface area contributed by atoms with Crippen molar-refractivity contribution >= 4 is 39.8 Å². The largest absolute Gasteiger partial charge is 0.379 e. The molecule has 0 amide bonds. The standard InChI is InChI=1S/C21H35FN4O3S.HI/c1-16(2)11-20(26-7-9-29-10-8-26)14-25-21(23-3)24-13-18-12-19(22)6-5-17(18)15-30(4,27)28;/h5-6,12,16,20H,7-11,13-15H2,1-4H3,(H2,23,24,25);1H. The lowest BCUT2D eigenvalue weighted by molar-refractivity contribution is 0.0132. The van der Waals surface area contributed by atoms with Crippen LogP contribution in [0, 0.1) is 11.7 Å². The number of rotatable bonds is 9. The molecule has 10 heteroatoms. The van der Waals surface area contributed by atoms with Crippen LogP contribution in [0.15, 0.2) is 23.2 Å². The fourth-order valence-electron chi connectivity index (χ4n) is 3.64. The number of nitrogens with zero attached hydrogens (tertiary/aromatic N) is 2. The summed E-state index contributed by atoms with van der Waals surface area (Å²) in [5, 5.41) is 6.55. The van der Waals surface area contributed by atoms with Crippen LogP contribution in [0.25, 0.3) is 0 Å². The van der Waals surface area contributed by atoms with E-state index in [2.05, 4.69) is 34.4 Å². The van der Waals surface area contributed by atoms with E-state index in [0.717, 1.165) is 39.3 Å². The maximum absolute atomic E-state index is 13.7. The number of hydrogen-bond donors (Lipinski definition) is 2. The molecule has 1 saturated heterocycles. The molecule has 0 aliphatic carbocycles. The van der Waals surface area contributed by atoms with E-state index in [0.29, 0.717) is 29.0 Å². The van der Waals surface area contributed by atoms with Gasteiger partial charge in [-0.25, -0.2) is 12.8 Å². The normalized spacial score (nSPS) is 16.6. The molecule has 1 aromatic carbocycles. The van der Waals surface area contributed by atoms with Crippen LogP contribution in [0.3, 0.4) is 0 Å². The molecule has 0 bridgehead atoms. The predicted octanol–water partition coefficient (Wildman–Crippen LogP) is 2.40. The summed E-state index contributed by atoms with van der Waals surface area (Å²) in [5.74, 6) is 0.660. The van der Waals surface area contributed by atoms with Gasteiger partial charge in [0.05, 0.1) is 19.0 Å². The van der Waals surface area contributed by atoms with E-state index in [1.54, 1.807) is 7.05 Å². The van der Waals surface area contributed by atoms with Crippen LogP contribution in [-0.2, 0) is 26.9 Å². The highest BCUT2D eigenvalue weighted by atomic mass is 127. The summed E-state index contributed by atoms with van der Waals surface area (Å²) in [5.41, 5.74) is 1.20. The van der Waals surface area contributed by atoms with Gasteiger partial charge in [-0.3, -0.25) is 9.89 Å². The average molecular weight is 571 g/mol. The van der Waals surface area contributed by atoms with E-state index in [-0.39, 0.29) is 36.3 Å². The fraction of sp³-hybridized carbons (Fsp3) is 0.667. The summed E-state index contributed by atoms with van der Waals surface area (Å²) in [7, 11) is -1.53. The zero-order valence-electron chi connectivity index (χ0n) is 18.9. The van der Waals surface area contributed by atoms with Crippen LogP contribution in [0.5, 0.6) is 0 Å². The minimum Gasteiger partial charge on any atom is -0.379 e. The highest BCUT2D eigenvalue weighted by molar-refractivity contribution is 14.0. The molecule has 0 saturated carbocycles. The fourth-order valence-corrected chi connectivity index (χ4v) is 4.49. The Kier molecular flexibility index (Phi) is 12.3. The lowest BCUT2D eigenvalue weighted by Gasteiger charge is -2.35. The molecule has 1 unspecified atom stereocenters. The van der Waals surface area contributed by atoms with E-state index in [4.69, 9.17) is 4.74 Å². The van der Waals surface area contributed by atoms with E-state index in [1.807, 2.05) is 0 Å². The van der Waals surface area contributed by atoms with E-state index < -0.39 is 15.7 Å². The lowest BCUT2D eigenvalue weighted by Crippen LogP contribution is -2.51. The molecule has 178 valence electrons. The first-order valence-electron chi connectivity index (χ1n) is 10.4. The van der Waals surface area contributed by atoms with Crippen LogP contribution < -0.4 is 10.6 Å². The molecular formula is C21H36FIN4O3S. The summed E-state index contributed by atoms with van der Waals surface area (Å²) in [6.07, 6.45) is 2.24. The molecule has 31 heavy (non-hydrogen) atoms. The molecule has 1 aromatic rings. The van der Waals surface area contributed by atoms with Gasteiger partial charge < -0.3 is 15.4 Å². The number of sulfone groups is 1. The van der Waals surface area contributed by atoms with Gasteiger partial charge in [0, 0.05) is 45.5 Å². The van der Waals surface area contributed by atoms with Gasteiger partial charge in [0.25, 0.3) is 0 Å². The van der Waals surface area contributed by atoms with Crippen molar-refractivity contribution in [3.05, 3.63) is 35.1 Å². The van der Waals surface area contributed by atoms with Gasteiger partial charge in [-0.2, -0.15) is 0 Å². The first kappa shape index (κ1) is 28.1. The summed E-state index contributed by atoms with van der Waals surface area (Å²) in [6.45, 7) is 8.80. The Morgan fingerprint density at radius 3 is 2.48 bits per heavy atom. The molecule has 1 aliphatic rings. The summed E-state index contributed by atoms with van der Waals surface area (Å²) >= 11 is 0. The van der Waals surface area contributed by atoms with Gasteiger partial charge in [-0.15, -0.1) is 24.0 Å². The number of halogens is 2. The smallest absolute Gasteiger partial charge is 0.191 e. The third kappa shape index (κ3) is 10.5. The number of nitrogens with one attached hydrogen (secondary N) is 2. The maximum Gasteiger partial charge on any atom is 0.191 e. The molecule has 1 heterocycles. The van der Waals surface area contributed by atoms with Gasteiger partial charge >= 0.3 is 0 Å². The van der Waals surface area contributed by atoms with Crippen molar-refractivity contribution in [2.24, 2.45) is 10.9 Å². The molecular weight excluding hydrogens is 534 g/mol. The van der Waals surface area contributed by atoms with Crippen molar-refractivity contribution in [2.45, 2.75) is 38.6 Å². The van der Waals surface area contributed by atoms with Crippen LogP contribution in [0.4, 0.5) is 4.39 Å². The average Bonchev–Trinajstić information content (AvgIpc) is 2.68. The van der Waals surface area contributed by atoms with E-state index in [9.17, 15) is 12.8 Å². The summed E-state index contributed by atoms with van der Waals surface area (Å²) in [4.78, 5) is 6.71. The SMILES string of the molecule is CN=C(NCc1cc(F)ccc1CS(C)(=O)=O)NCC(CC(C)C)N1CCOCC1.I. The van der Waals surface area contributed by atoms with Crippen LogP contribution in [-0.4, -0.2) is 71.5 Å². The predicted molar refractivity (Wildman–Crippen MR) is 134 cm³/mol. The van der Waals surface area contributed by atoms with Crippen molar-refractivity contribution in [3.63, 3.8) is 0 Å². The van der Waals surface area contributed by atoms with Crippen molar-refractivity contribution in [2.75, 3.05) is 46.2 Å². The molecule has 1 atom stereocenters. The number of aliphatic imine (C=N–C) groups is 1. The third-order valence-electron chi connectivity index (χ3n) is 5.07. The third-order valence-corrected chi connectivity index (χ3v) is 5.90. The number of ether oxygens (including phenoxy) is 1. The Labute approximate surface area is 203 Å². The monoisotopic (exact) mass is 570 g/mol. The molecule has 0 spiro atoms. The summed E-state index contributed by atoms with van der Waals surface area (Å²) < 4.78 is 42.6. The molecule has 7 nitrogen and oxygen atoms in total. The Morgan fingerprint density at radius 1 is 1.23 bits per heavy atom. The first-order valence-corrected chi connectivity index (χ1v) is 12.5. The first-order chi connectivity index (χ1) is 14.2. The van der Waals surface area contributed by atoms with Crippen molar-refractivity contribution < 1.29 is 17.5 Å². The maximum atomic E-state index is 13.7. The summed E-state index contributed by atoms with van der Waals surface area (Å²) in [6, 6.07) is 4.55. The molecule has 2 N–H and O–H groups in total. The van der Waals surface area contributed by atoms with Gasteiger partial charge in [0.2, 0.25) is 0 Å². The number of morpholine rings is 1. The van der Waals surface area contributed by atoms with Gasteiger partial charge in [0.1, 0.15) is 5.82 Å². The Balaban J connectivity index is 0.00000480. The molecule has 1 aliphatic heterocycles. The molecule has 1 fully saturated rings. The Bertz CT molecular complexity index is 815. The van der Waals surface area contributed by atoms with Crippen LogP contribution in [0.2, 0.25) is 0 Å². The minimum absolute atomic E-state index is 0. The molecule has 0 radical (unpaired) electrons. The molecule has 2 rings (SSSR count). The van der Waals surface area contributed by atoms with E-state index in [1.165, 1.54) is 24.5 Å². The highest BCUT2D eigenvalue weighted by Gasteiger charge is 2.22. The second-order valence-corrected chi connectivity index (χ2v) is 10.4. The zero-order chi connectivity index (χ0) is 22.1. The van der Waals surface area contributed by atoms with Gasteiger partial charge in [-0.05, 0) is 35.6 Å². The van der Waals surface area contributed by atoms with Crippen molar-refractivity contribution in [1.82, 2.24) is 15.5 Å². The second-order valence-electron chi connectivity index (χ2n) is 8.22. The minimum atomic E-state index is -3.21. The van der Waals surface area contributed by atoms with Gasteiger partial charge in [-0.1, -0.05) is 19.9 Å². The van der Waals surface area contributed by atoms with Crippen molar-refractivity contribution in [3.8, 4) is 0 Å². The van der Waals surface area contributed by atoms with Crippen LogP contribution in [0.1, 0.15) is 31.4 Å². The number of hydrogen-bond acceptors (Lipinski definition) is 5. The Hall–Kier alpha value is -0.980. The highest BCUT2D eigenvalue weighted by Crippen LogP contribution is 2.15. The second kappa shape index (κ2) is 13.5. The molecule has 0 aromatic heterocycles. The number of guanidine groups is 1. The van der Waals surface area contributed by atoms with Crippen molar-refractivity contribution in [1.29, 1.82) is 0 Å². The van der Waals surface area contributed by atoms with Gasteiger partial charge in [0.15, 0.2) is 15.8 Å². The number of benzene rings is 1. The Morgan fingerprint density at radius 2 is 1.90 bits per heavy atom. The lowest BCUT2D eigenvalue weighted by atomic mass is 10.0. The van der Waals surface area contributed by atoms with E-state index >= 15 is 0 Å².